The number of rotatable bonds is 2. The molecular weight excluding hydrogens is 152 g/mol. The van der Waals surface area contributed by atoms with Gasteiger partial charge in [0.15, 0.2) is 0 Å². The van der Waals surface area contributed by atoms with Gasteiger partial charge in [-0.25, -0.2) is 0 Å². The van der Waals surface area contributed by atoms with Gasteiger partial charge in [-0.2, -0.15) is 0 Å². The molecule has 0 aromatic carbocycles. The molecule has 9 heavy (non-hydrogen) atoms. The predicted molar refractivity (Wildman–Crippen MR) is 45.0 cm³/mol. The molecule has 50 valence electrons. The van der Waals surface area contributed by atoms with Crippen molar-refractivity contribution < 1.29 is 0 Å². The number of alkyl halides is 1. The van der Waals surface area contributed by atoms with Crippen LogP contribution in [-0.4, -0.2) is 9.96 Å². The molecule has 0 radical (unpaired) electrons. The normalized spacial score (nSPS) is 33.0. The van der Waals surface area contributed by atoms with Gasteiger partial charge in [-0.3, -0.25) is 0 Å². The van der Waals surface area contributed by atoms with Crippen LogP contribution < -0.4 is 0 Å². The summed E-state index contributed by atoms with van der Waals surface area (Å²) in [5.41, 5.74) is 0. The summed E-state index contributed by atoms with van der Waals surface area (Å²) < 4.78 is 0.190. The highest BCUT2D eigenvalue weighted by Crippen LogP contribution is 2.31. The molecular formula is C7H9ClS. The summed E-state index contributed by atoms with van der Waals surface area (Å²) in [6.07, 6.45) is 7.13. The van der Waals surface area contributed by atoms with Crippen LogP contribution in [0.15, 0.2) is 24.8 Å². The lowest BCUT2D eigenvalue weighted by atomic mass is 10.3. The minimum atomic E-state index is 0.190. The van der Waals surface area contributed by atoms with Crippen molar-refractivity contribution in [3.63, 3.8) is 0 Å². The van der Waals surface area contributed by atoms with Gasteiger partial charge in [0.2, 0.25) is 0 Å². The molecule has 1 aliphatic rings. The number of halogens is 1. The van der Waals surface area contributed by atoms with Crippen molar-refractivity contribution in [2.24, 2.45) is 0 Å². The van der Waals surface area contributed by atoms with E-state index in [1.54, 1.807) is 11.8 Å². The number of thioether (sulfide) groups is 1. The number of hydrogen-bond donors (Lipinski definition) is 0. The van der Waals surface area contributed by atoms with Crippen LogP contribution in [0.25, 0.3) is 0 Å². The highest BCUT2D eigenvalue weighted by atomic mass is 35.5. The van der Waals surface area contributed by atoms with Crippen molar-refractivity contribution in [1.29, 1.82) is 0 Å². The first kappa shape index (κ1) is 7.23. The van der Waals surface area contributed by atoms with Crippen molar-refractivity contribution in [2.45, 2.75) is 16.4 Å². The van der Waals surface area contributed by atoms with E-state index in [1.807, 2.05) is 12.2 Å². The Kier molecular flexibility index (Phi) is 2.67. The minimum Gasteiger partial charge on any atom is -0.130 e. The maximum absolute atomic E-state index is 5.78. The van der Waals surface area contributed by atoms with E-state index < -0.39 is 0 Å². The van der Waals surface area contributed by atoms with Gasteiger partial charge in [0.25, 0.3) is 0 Å². The molecule has 2 unspecified atom stereocenters. The zero-order valence-corrected chi connectivity index (χ0v) is 6.66. The first-order valence-corrected chi connectivity index (χ1v) is 4.29. The Morgan fingerprint density at radius 3 is 2.89 bits per heavy atom. The molecule has 0 aliphatic carbocycles. The molecule has 1 aliphatic heterocycles. The SMILES string of the molecule is C=CCC1C=CC(Cl)S1. The fourth-order valence-corrected chi connectivity index (χ4v) is 2.19. The van der Waals surface area contributed by atoms with Gasteiger partial charge in [-0.1, -0.05) is 18.2 Å². The number of allylic oxidation sites excluding steroid dienone is 1. The molecule has 2 heteroatoms. The molecule has 0 fully saturated rings. The molecule has 1 rings (SSSR count). The second-order valence-corrected chi connectivity index (χ2v) is 4.05. The highest BCUT2D eigenvalue weighted by Gasteiger charge is 2.14. The molecule has 0 aromatic heterocycles. The first-order chi connectivity index (χ1) is 4.33. The van der Waals surface area contributed by atoms with E-state index in [2.05, 4.69) is 12.7 Å². The second kappa shape index (κ2) is 3.33. The van der Waals surface area contributed by atoms with Crippen LogP contribution in [0, 0.1) is 0 Å². The smallest absolute Gasteiger partial charge is 0.0976 e. The summed E-state index contributed by atoms with van der Waals surface area (Å²) in [6, 6.07) is 0. The van der Waals surface area contributed by atoms with Crippen LogP contribution in [-0.2, 0) is 0 Å². The van der Waals surface area contributed by atoms with E-state index in [9.17, 15) is 0 Å². The standard InChI is InChI=1S/C7H9ClS/c1-2-3-6-4-5-7(8)9-6/h2,4-7H,1,3H2. The van der Waals surface area contributed by atoms with Crippen molar-refractivity contribution >= 4 is 23.4 Å². The maximum Gasteiger partial charge on any atom is 0.0976 e. The molecule has 1 heterocycles. The quantitative estimate of drug-likeness (QED) is 0.442. The molecule has 0 bridgehead atoms. The van der Waals surface area contributed by atoms with Crippen LogP contribution in [0.2, 0.25) is 0 Å². The maximum atomic E-state index is 5.78. The summed E-state index contributed by atoms with van der Waals surface area (Å²) in [7, 11) is 0. The molecule has 0 amide bonds. The molecule has 0 saturated heterocycles. The molecule has 0 N–H and O–H groups in total. The summed E-state index contributed by atoms with van der Waals surface area (Å²) in [6.45, 7) is 3.66. The average Bonchev–Trinajstić information content (AvgIpc) is 2.17. The fourth-order valence-electron chi connectivity index (χ4n) is 0.767. The lowest BCUT2D eigenvalue weighted by molar-refractivity contribution is 1.09. The predicted octanol–water partition coefficient (Wildman–Crippen LogP) is 2.80. The minimum absolute atomic E-state index is 0.190. The Morgan fingerprint density at radius 2 is 2.44 bits per heavy atom. The Balaban J connectivity index is 2.31. The van der Waals surface area contributed by atoms with Crippen molar-refractivity contribution in [3.05, 3.63) is 24.8 Å². The van der Waals surface area contributed by atoms with Gasteiger partial charge in [-0.15, -0.1) is 29.9 Å². The summed E-state index contributed by atoms with van der Waals surface area (Å²) in [5, 5.41) is 0.574. The van der Waals surface area contributed by atoms with Gasteiger partial charge in [0, 0.05) is 5.25 Å². The van der Waals surface area contributed by atoms with E-state index >= 15 is 0 Å². The van der Waals surface area contributed by atoms with Crippen LogP contribution >= 0.6 is 23.4 Å². The highest BCUT2D eigenvalue weighted by molar-refractivity contribution is 8.02. The van der Waals surface area contributed by atoms with Crippen molar-refractivity contribution in [1.82, 2.24) is 0 Å². The van der Waals surface area contributed by atoms with Crippen LogP contribution in [0.1, 0.15) is 6.42 Å². The monoisotopic (exact) mass is 160 g/mol. The third kappa shape index (κ3) is 2.07. The Labute approximate surface area is 65.0 Å². The van der Waals surface area contributed by atoms with Gasteiger partial charge < -0.3 is 0 Å². The third-order valence-electron chi connectivity index (χ3n) is 1.18. The van der Waals surface area contributed by atoms with Crippen LogP contribution in [0.5, 0.6) is 0 Å². The summed E-state index contributed by atoms with van der Waals surface area (Å²) in [4.78, 5) is 0. The topological polar surface area (TPSA) is 0 Å². The van der Waals surface area contributed by atoms with E-state index in [4.69, 9.17) is 11.6 Å². The molecule has 0 saturated carbocycles. The lowest BCUT2D eigenvalue weighted by Crippen LogP contribution is -1.91. The molecule has 0 aromatic rings. The van der Waals surface area contributed by atoms with Crippen molar-refractivity contribution in [2.75, 3.05) is 0 Å². The van der Waals surface area contributed by atoms with E-state index in [-0.39, 0.29) is 4.71 Å². The molecule has 2 atom stereocenters. The van der Waals surface area contributed by atoms with E-state index in [1.165, 1.54) is 0 Å². The summed E-state index contributed by atoms with van der Waals surface area (Å²) in [5.74, 6) is 0. The largest absolute Gasteiger partial charge is 0.130 e. The second-order valence-electron chi connectivity index (χ2n) is 1.93. The summed E-state index contributed by atoms with van der Waals surface area (Å²) >= 11 is 7.56. The average molecular weight is 161 g/mol. The number of hydrogen-bond acceptors (Lipinski definition) is 1. The first-order valence-electron chi connectivity index (χ1n) is 2.91. The third-order valence-corrected chi connectivity index (χ3v) is 2.75. The van der Waals surface area contributed by atoms with E-state index in [0.29, 0.717) is 5.25 Å². The van der Waals surface area contributed by atoms with Crippen molar-refractivity contribution in [3.8, 4) is 0 Å². The van der Waals surface area contributed by atoms with Gasteiger partial charge in [0.1, 0.15) is 0 Å². The molecule has 0 spiro atoms. The zero-order valence-electron chi connectivity index (χ0n) is 5.09. The lowest BCUT2D eigenvalue weighted by Gasteiger charge is -2.02. The van der Waals surface area contributed by atoms with E-state index in [0.717, 1.165) is 6.42 Å². The van der Waals surface area contributed by atoms with Crippen LogP contribution in [0.4, 0.5) is 0 Å². The van der Waals surface area contributed by atoms with Gasteiger partial charge in [0.05, 0.1) is 4.71 Å². The Hall–Kier alpha value is 0.120. The fraction of sp³-hybridized carbons (Fsp3) is 0.429. The molecule has 0 nitrogen and oxygen atoms in total. The zero-order chi connectivity index (χ0) is 6.69. The Morgan fingerprint density at radius 1 is 1.67 bits per heavy atom. The Bertz CT molecular complexity index is 131. The van der Waals surface area contributed by atoms with Gasteiger partial charge in [-0.05, 0) is 6.42 Å². The van der Waals surface area contributed by atoms with Gasteiger partial charge >= 0.3 is 0 Å². The van der Waals surface area contributed by atoms with Crippen LogP contribution in [0.3, 0.4) is 0 Å².